The van der Waals surface area contributed by atoms with Crippen molar-refractivity contribution < 1.29 is 32.9 Å². The maximum absolute atomic E-state index is 12.8. The van der Waals surface area contributed by atoms with E-state index in [1.54, 1.807) is 6.08 Å². The first-order chi connectivity index (χ1) is 24.5. The number of hydrogen-bond donors (Lipinski definition) is 3. The molecule has 0 aliphatic heterocycles. The Morgan fingerprint density at radius 3 is 1.63 bits per heavy atom. The molecule has 0 saturated carbocycles. The van der Waals surface area contributed by atoms with Crippen LogP contribution in [0.4, 0.5) is 0 Å². The zero-order valence-electron chi connectivity index (χ0n) is 33.8. The SMILES string of the molecule is CCCCCC/C=C/C(O)C(COP(=O)(O)OCC[N+](C)(C)C)NC(=O)CCCCCCCCCCCCC/C=C\C/C=C\CCCCCCC. The molecule has 0 aromatic heterocycles. The van der Waals surface area contributed by atoms with Gasteiger partial charge in [-0.25, -0.2) is 4.57 Å². The largest absolute Gasteiger partial charge is 0.472 e. The van der Waals surface area contributed by atoms with Crippen molar-refractivity contribution in [2.24, 2.45) is 0 Å². The number of phosphoric acid groups is 1. The third kappa shape index (κ3) is 36.9. The van der Waals surface area contributed by atoms with Gasteiger partial charge in [0.15, 0.2) is 0 Å². The van der Waals surface area contributed by atoms with Crippen molar-refractivity contribution >= 4 is 13.7 Å². The van der Waals surface area contributed by atoms with Crippen LogP contribution in [0, 0.1) is 0 Å². The maximum atomic E-state index is 12.8. The van der Waals surface area contributed by atoms with Crippen molar-refractivity contribution in [1.82, 2.24) is 5.32 Å². The van der Waals surface area contributed by atoms with Crippen molar-refractivity contribution in [2.75, 3.05) is 40.9 Å². The Morgan fingerprint density at radius 1 is 0.667 bits per heavy atom. The van der Waals surface area contributed by atoms with Crippen molar-refractivity contribution in [2.45, 2.75) is 187 Å². The number of aliphatic hydroxyl groups is 1. The van der Waals surface area contributed by atoms with Crippen LogP contribution in [-0.2, 0) is 18.4 Å². The number of aliphatic hydroxyl groups excluding tert-OH is 1. The number of phosphoric ester groups is 1. The van der Waals surface area contributed by atoms with Gasteiger partial charge in [0.2, 0.25) is 5.91 Å². The summed E-state index contributed by atoms with van der Waals surface area (Å²) in [5.41, 5.74) is 0. The molecule has 0 rings (SSSR count). The highest BCUT2D eigenvalue weighted by Gasteiger charge is 2.27. The summed E-state index contributed by atoms with van der Waals surface area (Å²) >= 11 is 0. The number of quaternary nitrogens is 1. The topological polar surface area (TPSA) is 105 Å². The van der Waals surface area contributed by atoms with Crippen LogP contribution >= 0.6 is 7.82 Å². The molecular formula is C42H82N2O6P+. The normalized spacial score (nSPS) is 14.9. The van der Waals surface area contributed by atoms with E-state index in [4.69, 9.17) is 9.05 Å². The molecule has 300 valence electrons. The highest BCUT2D eigenvalue weighted by atomic mass is 31.2. The minimum Gasteiger partial charge on any atom is -0.387 e. The van der Waals surface area contributed by atoms with Gasteiger partial charge in [0.05, 0.1) is 39.9 Å². The summed E-state index contributed by atoms with van der Waals surface area (Å²) in [4.78, 5) is 22.9. The minimum absolute atomic E-state index is 0.0600. The molecule has 0 aliphatic rings. The van der Waals surface area contributed by atoms with E-state index >= 15 is 0 Å². The molecule has 9 heteroatoms. The molecule has 0 bridgehead atoms. The number of amides is 1. The van der Waals surface area contributed by atoms with Gasteiger partial charge in [-0.3, -0.25) is 13.8 Å². The van der Waals surface area contributed by atoms with Crippen molar-refractivity contribution in [3.8, 4) is 0 Å². The van der Waals surface area contributed by atoms with Gasteiger partial charge in [-0.05, 0) is 51.4 Å². The summed E-state index contributed by atoms with van der Waals surface area (Å²) in [6.07, 6.45) is 41.0. The van der Waals surface area contributed by atoms with E-state index in [9.17, 15) is 19.4 Å². The van der Waals surface area contributed by atoms with E-state index in [0.29, 0.717) is 17.4 Å². The summed E-state index contributed by atoms with van der Waals surface area (Å²) in [5, 5.41) is 13.6. The van der Waals surface area contributed by atoms with Gasteiger partial charge < -0.3 is 19.8 Å². The Hall–Kier alpha value is -1.28. The van der Waals surface area contributed by atoms with Gasteiger partial charge in [-0.15, -0.1) is 0 Å². The number of nitrogens with zero attached hydrogens (tertiary/aromatic N) is 1. The second-order valence-corrected chi connectivity index (χ2v) is 16.8. The van der Waals surface area contributed by atoms with Gasteiger partial charge in [0.1, 0.15) is 13.2 Å². The van der Waals surface area contributed by atoms with E-state index in [2.05, 4.69) is 43.5 Å². The predicted molar refractivity (Wildman–Crippen MR) is 217 cm³/mol. The number of rotatable bonds is 37. The van der Waals surface area contributed by atoms with Crippen molar-refractivity contribution in [3.63, 3.8) is 0 Å². The van der Waals surface area contributed by atoms with E-state index < -0.39 is 20.0 Å². The molecule has 3 atom stereocenters. The number of allylic oxidation sites excluding steroid dienone is 5. The summed E-state index contributed by atoms with van der Waals surface area (Å²) < 4.78 is 23.4. The van der Waals surface area contributed by atoms with Gasteiger partial charge in [-0.2, -0.15) is 0 Å². The van der Waals surface area contributed by atoms with Crippen LogP contribution in [0.15, 0.2) is 36.5 Å². The van der Waals surface area contributed by atoms with Gasteiger partial charge in [0, 0.05) is 6.42 Å². The van der Waals surface area contributed by atoms with Gasteiger partial charge >= 0.3 is 7.82 Å². The average Bonchev–Trinajstić information content (AvgIpc) is 3.07. The first kappa shape index (κ1) is 49.7. The second-order valence-electron chi connectivity index (χ2n) is 15.4. The van der Waals surface area contributed by atoms with Gasteiger partial charge in [-0.1, -0.05) is 153 Å². The molecule has 3 unspecified atom stereocenters. The summed E-state index contributed by atoms with van der Waals surface area (Å²) in [6, 6.07) is -0.842. The minimum atomic E-state index is -4.32. The molecule has 3 N–H and O–H groups in total. The molecule has 0 aliphatic carbocycles. The first-order valence-electron chi connectivity index (χ1n) is 20.9. The molecule has 1 amide bonds. The van der Waals surface area contributed by atoms with Crippen LogP contribution in [-0.4, -0.2) is 73.4 Å². The third-order valence-electron chi connectivity index (χ3n) is 9.10. The van der Waals surface area contributed by atoms with E-state index in [1.165, 1.54) is 103 Å². The number of nitrogens with one attached hydrogen (secondary N) is 1. The first-order valence-corrected chi connectivity index (χ1v) is 22.4. The van der Waals surface area contributed by atoms with Crippen molar-refractivity contribution in [1.29, 1.82) is 0 Å². The molecule has 0 heterocycles. The standard InChI is InChI=1S/C42H81N2O6P/c1-6-8-10-12-14-15-16-17-18-19-20-21-22-23-24-25-26-27-28-29-30-32-34-36-42(46)43-40(41(45)35-33-31-13-11-9-7-2)39-50-51(47,48)49-38-37-44(3,4)5/h16-17,19-20,33,35,40-41,45H,6-15,18,21-32,34,36-39H2,1-5H3,(H-,43,46,47,48)/p+1/b17-16-,20-19-,35-33+. The Labute approximate surface area is 315 Å². The van der Waals surface area contributed by atoms with Crippen LogP contribution in [0.1, 0.15) is 174 Å². The van der Waals surface area contributed by atoms with E-state index in [1.807, 2.05) is 27.2 Å². The molecule has 0 aromatic rings. The molecule has 8 nitrogen and oxygen atoms in total. The number of hydrogen-bond acceptors (Lipinski definition) is 5. The van der Waals surface area contributed by atoms with E-state index in [0.717, 1.165) is 51.4 Å². The van der Waals surface area contributed by atoms with Crippen molar-refractivity contribution in [3.05, 3.63) is 36.5 Å². The summed E-state index contributed by atoms with van der Waals surface area (Å²) in [6.45, 7) is 4.71. The fourth-order valence-corrected chi connectivity index (χ4v) is 6.45. The molecular weight excluding hydrogens is 659 g/mol. The lowest BCUT2D eigenvalue weighted by Crippen LogP contribution is -2.45. The fraction of sp³-hybridized carbons (Fsp3) is 0.833. The van der Waals surface area contributed by atoms with Crippen LogP contribution in [0.3, 0.4) is 0 Å². The van der Waals surface area contributed by atoms with Gasteiger partial charge in [0.25, 0.3) is 0 Å². The Morgan fingerprint density at radius 2 is 1.12 bits per heavy atom. The lowest BCUT2D eigenvalue weighted by molar-refractivity contribution is -0.870. The molecule has 0 radical (unpaired) electrons. The smallest absolute Gasteiger partial charge is 0.387 e. The highest BCUT2D eigenvalue weighted by Crippen LogP contribution is 2.43. The monoisotopic (exact) mass is 742 g/mol. The predicted octanol–water partition coefficient (Wildman–Crippen LogP) is 11.1. The maximum Gasteiger partial charge on any atom is 0.472 e. The number of likely N-dealkylation sites (N-methyl/N-ethyl adjacent to an activating group) is 1. The van der Waals surface area contributed by atoms with Crippen LogP contribution in [0.5, 0.6) is 0 Å². The number of unbranched alkanes of at least 4 members (excludes halogenated alkanes) is 20. The zero-order valence-corrected chi connectivity index (χ0v) is 34.7. The highest BCUT2D eigenvalue weighted by molar-refractivity contribution is 7.47. The average molecular weight is 742 g/mol. The summed E-state index contributed by atoms with van der Waals surface area (Å²) in [5.74, 6) is -0.187. The quantitative estimate of drug-likeness (QED) is 0.0253. The molecule has 0 fully saturated rings. The van der Waals surface area contributed by atoms with Crippen LogP contribution in [0.25, 0.3) is 0 Å². The third-order valence-corrected chi connectivity index (χ3v) is 10.1. The van der Waals surface area contributed by atoms with Crippen LogP contribution < -0.4 is 5.32 Å². The zero-order chi connectivity index (χ0) is 37.9. The number of carbonyl (C=O) groups excluding carboxylic acids is 1. The molecule has 0 aromatic carbocycles. The lowest BCUT2D eigenvalue weighted by atomic mass is 10.0. The molecule has 51 heavy (non-hydrogen) atoms. The van der Waals surface area contributed by atoms with E-state index in [-0.39, 0.29) is 19.1 Å². The Bertz CT molecular complexity index is 933. The Kier molecular flexibility index (Phi) is 33.6. The lowest BCUT2D eigenvalue weighted by Gasteiger charge is -2.25. The number of carbonyl (C=O) groups is 1. The van der Waals surface area contributed by atoms with Crippen LogP contribution in [0.2, 0.25) is 0 Å². The summed E-state index contributed by atoms with van der Waals surface area (Å²) in [7, 11) is 1.56. The molecule has 0 spiro atoms. The second kappa shape index (κ2) is 34.5. The Balaban J connectivity index is 4.13. The molecule has 0 saturated heterocycles. The fourth-order valence-electron chi connectivity index (χ4n) is 5.72.